The van der Waals surface area contributed by atoms with Crippen molar-refractivity contribution in [2.75, 3.05) is 26.0 Å². The van der Waals surface area contributed by atoms with Gasteiger partial charge in [-0.05, 0) is 18.6 Å². The summed E-state index contributed by atoms with van der Waals surface area (Å²) in [5, 5.41) is 10.5. The summed E-state index contributed by atoms with van der Waals surface area (Å²) in [7, 11) is -2.47. The van der Waals surface area contributed by atoms with Gasteiger partial charge in [-0.1, -0.05) is 0 Å². The van der Waals surface area contributed by atoms with E-state index in [-0.39, 0.29) is 0 Å². The zero-order chi connectivity index (χ0) is 15.2. The molecule has 9 heteroatoms. The predicted molar refractivity (Wildman–Crippen MR) is 67.2 cm³/mol. The third-order valence-electron chi connectivity index (χ3n) is 2.27. The molecule has 0 spiro atoms. The zero-order valence-electron chi connectivity index (χ0n) is 10.8. The molecule has 2 N–H and O–H groups in total. The molecule has 1 aromatic heterocycles. The lowest BCUT2D eigenvalue weighted by atomic mass is 10.4. The monoisotopic (exact) mass is 305 g/mol. The van der Waals surface area contributed by atoms with Gasteiger partial charge in [-0.2, -0.15) is 0 Å². The molecule has 0 radical (unpaired) electrons. The van der Waals surface area contributed by atoms with E-state index < -0.39 is 38.3 Å². The Morgan fingerprint density at radius 2 is 2.10 bits per heavy atom. The Morgan fingerprint density at radius 3 is 2.65 bits per heavy atom. The van der Waals surface area contributed by atoms with Crippen LogP contribution in [0.5, 0.6) is 0 Å². The van der Waals surface area contributed by atoms with Crippen LogP contribution in [-0.4, -0.2) is 51.4 Å². The van der Waals surface area contributed by atoms with Gasteiger partial charge in [-0.15, -0.1) is 0 Å². The predicted octanol–water partition coefficient (Wildman–Crippen LogP) is -0.0958. The molecule has 0 saturated heterocycles. The van der Waals surface area contributed by atoms with E-state index in [1.54, 1.807) is 0 Å². The fourth-order valence-electron chi connectivity index (χ4n) is 1.34. The molecule has 0 saturated carbocycles. The number of carboxylic acids is 1. The maximum Gasteiger partial charge on any atom is 0.371 e. The number of carbonyl (C=O) groups is 2. The largest absolute Gasteiger partial charge is 0.475 e. The van der Waals surface area contributed by atoms with Crippen LogP contribution in [0.15, 0.2) is 21.6 Å². The van der Waals surface area contributed by atoms with Crippen molar-refractivity contribution in [1.82, 2.24) is 5.32 Å². The third kappa shape index (κ3) is 4.67. The Balaban J connectivity index is 2.60. The number of aromatic carboxylic acids is 1. The van der Waals surface area contributed by atoms with E-state index in [2.05, 4.69) is 9.73 Å². The number of rotatable bonds is 8. The summed E-state index contributed by atoms with van der Waals surface area (Å²) < 4.78 is 33.0. The average molecular weight is 305 g/mol. The lowest BCUT2D eigenvalue weighted by Gasteiger charge is -2.04. The number of furan rings is 1. The van der Waals surface area contributed by atoms with Gasteiger partial charge >= 0.3 is 5.97 Å². The molecular formula is C11H15NO7S. The molecule has 8 nitrogen and oxygen atoms in total. The highest BCUT2D eigenvalue weighted by Crippen LogP contribution is 2.15. The summed E-state index contributed by atoms with van der Waals surface area (Å²) in [6, 6.07) is 2.03. The lowest BCUT2D eigenvalue weighted by Crippen LogP contribution is -2.31. The molecule has 0 bridgehead atoms. The Morgan fingerprint density at radius 1 is 1.40 bits per heavy atom. The first kappa shape index (κ1) is 16.2. The normalized spacial score (nSPS) is 11.2. The van der Waals surface area contributed by atoms with E-state index in [0.29, 0.717) is 19.6 Å². The number of methoxy groups -OCH3 is 1. The zero-order valence-corrected chi connectivity index (χ0v) is 11.6. The van der Waals surface area contributed by atoms with Crippen LogP contribution in [0.4, 0.5) is 0 Å². The molecule has 0 fully saturated rings. The fourth-order valence-corrected chi connectivity index (χ4v) is 2.42. The minimum Gasteiger partial charge on any atom is -0.475 e. The summed E-state index contributed by atoms with van der Waals surface area (Å²) in [5.74, 6) is -3.36. The molecule has 1 aromatic rings. The Kier molecular flexibility index (Phi) is 5.71. The van der Waals surface area contributed by atoms with Gasteiger partial charge in [0.15, 0.2) is 0 Å². The van der Waals surface area contributed by atoms with Crippen molar-refractivity contribution in [2.45, 2.75) is 11.5 Å². The number of carboxylic acid groups (broad SMARTS) is 1. The van der Waals surface area contributed by atoms with Crippen LogP contribution in [0.3, 0.4) is 0 Å². The molecule has 0 unspecified atom stereocenters. The van der Waals surface area contributed by atoms with Crippen molar-refractivity contribution in [2.24, 2.45) is 0 Å². The number of hydrogen-bond donors (Lipinski definition) is 2. The van der Waals surface area contributed by atoms with Crippen molar-refractivity contribution in [3.63, 3.8) is 0 Å². The van der Waals surface area contributed by atoms with Gasteiger partial charge in [0.25, 0.3) is 0 Å². The van der Waals surface area contributed by atoms with Crippen LogP contribution in [-0.2, 0) is 19.4 Å². The minimum absolute atomic E-state index is 0.292. The van der Waals surface area contributed by atoms with Crippen molar-refractivity contribution < 1.29 is 32.3 Å². The summed E-state index contributed by atoms with van der Waals surface area (Å²) in [4.78, 5) is 22.0. The van der Waals surface area contributed by atoms with Gasteiger partial charge in [-0.25, -0.2) is 13.2 Å². The molecule has 0 aliphatic carbocycles. The van der Waals surface area contributed by atoms with E-state index in [4.69, 9.17) is 9.84 Å². The highest BCUT2D eigenvalue weighted by Gasteiger charge is 2.24. The number of ether oxygens (including phenoxy) is 1. The van der Waals surface area contributed by atoms with Gasteiger partial charge in [0.05, 0.1) is 0 Å². The minimum atomic E-state index is -3.99. The second-order valence-corrected chi connectivity index (χ2v) is 5.80. The van der Waals surface area contributed by atoms with E-state index in [0.717, 1.165) is 12.1 Å². The maximum absolute atomic E-state index is 11.8. The van der Waals surface area contributed by atoms with E-state index >= 15 is 0 Å². The van der Waals surface area contributed by atoms with Crippen molar-refractivity contribution in [1.29, 1.82) is 0 Å². The van der Waals surface area contributed by atoms with Crippen molar-refractivity contribution in [3.05, 3.63) is 17.9 Å². The molecule has 0 aliphatic heterocycles. The van der Waals surface area contributed by atoms with Gasteiger partial charge in [0.1, 0.15) is 5.75 Å². The van der Waals surface area contributed by atoms with Gasteiger partial charge in [-0.3, -0.25) is 4.79 Å². The van der Waals surface area contributed by atoms with Crippen LogP contribution in [0, 0.1) is 0 Å². The molecule has 1 heterocycles. The number of hydrogen-bond acceptors (Lipinski definition) is 6. The Bertz CT molecular complexity index is 575. The van der Waals surface area contributed by atoms with Gasteiger partial charge < -0.3 is 19.6 Å². The second-order valence-electron chi connectivity index (χ2n) is 3.88. The maximum atomic E-state index is 11.8. The number of amides is 1. The lowest BCUT2D eigenvalue weighted by molar-refractivity contribution is -0.118. The topological polar surface area (TPSA) is 123 Å². The number of sulfone groups is 1. The van der Waals surface area contributed by atoms with Crippen LogP contribution >= 0.6 is 0 Å². The highest BCUT2D eigenvalue weighted by atomic mass is 32.2. The Hall–Kier alpha value is -1.87. The first-order valence-electron chi connectivity index (χ1n) is 5.68. The van der Waals surface area contributed by atoms with Crippen molar-refractivity contribution >= 4 is 21.7 Å². The first-order valence-corrected chi connectivity index (χ1v) is 7.33. The number of carbonyl (C=O) groups excluding carboxylic acids is 1. The molecule has 0 aliphatic rings. The molecule has 112 valence electrons. The van der Waals surface area contributed by atoms with Crippen LogP contribution in [0.2, 0.25) is 0 Å². The molecular weight excluding hydrogens is 290 g/mol. The Labute approximate surface area is 115 Å². The molecule has 1 amide bonds. The van der Waals surface area contributed by atoms with Crippen LogP contribution < -0.4 is 5.32 Å². The summed E-state index contributed by atoms with van der Waals surface area (Å²) in [5.41, 5.74) is 0. The summed E-state index contributed by atoms with van der Waals surface area (Å²) >= 11 is 0. The standard InChI is InChI=1S/C11H15NO7S/c1-18-6-2-5-12-9(13)7-20(16,17)10-4-3-8(19-10)11(14)15/h3-4H,2,5-7H2,1H3,(H,12,13)(H,14,15). The average Bonchev–Trinajstić information content (AvgIpc) is 2.84. The van der Waals surface area contributed by atoms with E-state index in [1.807, 2.05) is 0 Å². The van der Waals surface area contributed by atoms with Crippen LogP contribution in [0.1, 0.15) is 17.0 Å². The molecule has 1 rings (SSSR count). The van der Waals surface area contributed by atoms with E-state index in [9.17, 15) is 18.0 Å². The van der Waals surface area contributed by atoms with Crippen molar-refractivity contribution in [3.8, 4) is 0 Å². The molecule has 20 heavy (non-hydrogen) atoms. The van der Waals surface area contributed by atoms with Gasteiger partial charge in [0.2, 0.25) is 26.6 Å². The smallest absolute Gasteiger partial charge is 0.371 e. The highest BCUT2D eigenvalue weighted by molar-refractivity contribution is 7.92. The number of nitrogens with one attached hydrogen (secondary N) is 1. The fraction of sp³-hybridized carbons (Fsp3) is 0.455. The quantitative estimate of drug-likeness (QED) is 0.643. The third-order valence-corrected chi connectivity index (χ3v) is 3.74. The first-order chi connectivity index (χ1) is 9.36. The summed E-state index contributed by atoms with van der Waals surface area (Å²) in [6.07, 6.45) is 0.562. The molecule has 0 atom stereocenters. The SMILES string of the molecule is COCCCNC(=O)CS(=O)(=O)c1ccc(C(=O)O)o1. The molecule has 0 aromatic carbocycles. The van der Waals surface area contributed by atoms with Gasteiger partial charge in [0, 0.05) is 20.3 Å². The van der Waals surface area contributed by atoms with Crippen LogP contribution in [0.25, 0.3) is 0 Å². The summed E-state index contributed by atoms with van der Waals surface area (Å²) in [6.45, 7) is 0.744. The second kappa shape index (κ2) is 7.06. The van der Waals surface area contributed by atoms with E-state index in [1.165, 1.54) is 7.11 Å².